The Kier molecular flexibility index (Phi) is 8.10. The monoisotopic (exact) mass is 511 g/mol. The summed E-state index contributed by atoms with van der Waals surface area (Å²) in [7, 11) is 0. The topological polar surface area (TPSA) is 90.8 Å². The number of nitrogens with zero attached hydrogens (tertiary/aromatic N) is 3. The summed E-state index contributed by atoms with van der Waals surface area (Å²) < 4.78 is 0. The number of piperidine rings is 1. The van der Waals surface area contributed by atoms with Crippen molar-refractivity contribution in [2.75, 3.05) is 13.1 Å². The van der Waals surface area contributed by atoms with E-state index in [1.807, 2.05) is 31.7 Å². The molecule has 192 valence electrons. The first-order valence-corrected chi connectivity index (χ1v) is 13.1. The van der Waals surface area contributed by atoms with Crippen LogP contribution in [0.25, 0.3) is 0 Å². The second-order valence-electron chi connectivity index (χ2n) is 10.3. The maximum Gasteiger partial charge on any atom is 0.335 e. The molecule has 2 aliphatic heterocycles. The van der Waals surface area contributed by atoms with Gasteiger partial charge in [-0.05, 0) is 61.4 Å². The number of carboxylic acids is 1. The molecule has 1 atom stereocenters. The lowest BCUT2D eigenvalue weighted by atomic mass is 9.98. The van der Waals surface area contributed by atoms with Gasteiger partial charge in [-0.25, -0.2) is 4.79 Å². The fraction of sp³-hybridized carbons (Fsp3) is 0.500. The molecule has 4 rings (SSSR count). The molecule has 36 heavy (non-hydrogen) atoms. The molecule has 0 saturated carbocycles. The highest BCUT2D eigenvalue weighted by atomic mass is 35.5. The zero-order chi connectivity index (χ0) is 26.0. The van der Waals surface area contributed by atoms with E-state index < -0.39 is 12.0 Å². The first-order chi connectivity index (χ1) is 17.1. The van der Waals surface area contributed by atoms with Crippen molar-refractivity contribution in [3.8, 4) is 0 Å². The van der Waals surface area contributed by atoms with Gasteiger partial charge in [0.15, 0.2) is 5.78 Å². The van der Waals surface area contributed by atoms with Crippen molar-refractivity contribution in [1.82, 2.24) is 14.8 Å². The number of carboxylic acid groups (broad SMARTS) is 1. The molecule has 1 aromatic carbocycles. The maximum absolute atomic E-state index is 13.3. The number of Topliss-reactive ketones (excluding diaryl/α,β-unsaturated/α-hetero) is 1. The van der Waals surface area contributed by atoms with Gasteiger partial charge in [-0.3, -0.25) is 19.5 Å². The lowest BCUT2D eigenvalue weighted by molar-refractivity contribution is -0.137. The number of rotatable bonds is 8. The van der Waals surface area contributed by atoms with Gasteiger partial charge in [0.2, 0.25) is 5.91 Å². The summed E-state index contributed by atoms with van der Waals surface area (Å²) in [6.07, 6.45) is 2.57. The van der Waals surface area contributed by atoms with Gasteiger partial charge < -0.3 is 10.0 Å². The molecule has 3 heterocycles. The van der Waals surface area contributed by atoms with Crippen LogP contribution >= 0.6 is 11.6 Å². The van der Waals surface area contributed by atoms with E-state index in [-0.39, 0.29) is 35.6 Å². The first kappa shape index (κ1) is 26.3. The summed E-state index contributed by atoms with van der Waals surface area (Å²) >= 11 is 6.15. The molecule has 8 heteroatoms. The molecule has 2 aromatic rings. The van der Waals surface area contributed by atoms with Gasteiger partial charge in [0, 0.05) is 48.5 Å². The van der Waals surface area contributed by atoms with Gasteiger partial charge in [-0.1, -0.05) is 37.6 Å². The number of aryl methyl sites for hydroxylation is 1. The molecule has 2 saturated heterocycles. The number of ketones is 1. The standard InChI is InChI=1S/C28H34ClN3O4/c1-17(2)24-14-20(28(35)36)13-21(30-24)15-26(33)25-6-7-27(34)32(25)22-8-10-31(11-9-22)16-19-4-5-23(29)18(3)12-19/h4-5,12-14,17,22,25H,6-11,15-16H2,1-3H3,(H,35,36)/t25-/m1/s1. The normalized spacial score (nSPS) is 19.3. The number of aromatic nitrogens is 1. The zero-order valence-corrected chi connectivity index (χ0v) is 21.9. The second-order valence-corrected chi connectivity index (χ2v) is 10.7. The number of pyridine rings is 1. The number of benzene rings is 1. The molecule has 7 nitrogen and oxygen atoms in total. The van der Waals surface area contributed by atoms with Crippen LogP contribution in [-0.4, -0.2) is 62.7 Å². The predicted molar refractivity (Wildman–Crippen MR) is 138 cm³/mol. The zero-order valence-electron chi connectivity index (χ0n) is 21.2. The predicted octanol–water partition coefficient (Wildman–Crippen LogP) is 4.63. The highest BCUT2D eigenvalue weighted by molar-refractivity contribution is 6.31. The van der Waals surface area contributed by atoms with E-state index in [0.717, 1.165) is 43.1 Å². The second kappa shape index (κ2) is 11.1. The van der Waals surface area contributed by atoms with E-state index in [0.29, 0.717) is 24.2 Å². The van der Waals surface area contributed by atoms with Crippen molar-refractivity contribution in [3.05, 3.63) is 63.4 Å². The van der Waals surface area contributed by atoms with Gasteiger partial charge in [0.05, 0.1) is 18.0 Å². The van der Waals surface area contributed by atoms with Gasteiger partial charge in [-0.15, -0.1) is 0 Å². The van der Waals surface area contributed by atoms with Crippen LogP contribution in [0.4, 0.5) is 0 Å². The van der Waals surface area contributed by atoms with Crippen molar-refractivity contribution in [2.45, 2.75) is 77.4 Å². The molecule has 2 aliphatic rings. The van der Waals surface area contributed by atoms with Gasteiger partial charge in [0.1, 0.15) is 0 Å². The molecule has 1 amide bonds. The third-order valence-corrected chi connectivity index (χ3v) is 7.72. The Morgan fingerprint density at radius 2 is 1.86 bits per heavy atom. The van der Waals surface area contributed by atoms with Crippen LogP contribution < -0.4 is 0 Å². The maximum atomic E-state index is 13.3. The molecule has 1 N–H and O–H groups in total. The van der Waals surface area contributed by atoms with Crippen molar-refractivity contribution in [3.63, 3.8) is 0 Å². The molecule has 0 spiro atoms. The van der Waals surface area contributed by atoms with Crippen LogP contribution in [-0.2, 0) is 22.6 Å². The summed E-state index contributed by atoms with van der Waals surface area (Å²) in [6.45, 7) is 8.44. The number of hydrogen-bond donors (Lipinski definition) is 1. The minimum atomic E-state index is -1.04. The molecule has 2 fully saturated rings. The Labute approximate surface area is 217 Å². The number of carbonyl (C=O) groups excluding carboxylic acids is 2. The summed E-state index contributed by atoms with van der Waals surface area (Å²) in [5, 5.41) is 10.2. The number of carbonyl (C=O) groups is 3. The van der Waals surface area contributed by atoms with E-state index in [9.17, 15) is 19.5 Å². The molecular weight excluding hydrogens is 478 g/mol. The summed E-state index contributed by atoms with van der Waals surface area (Å²) in [5.74, 6) is -1.02. The van der Waals surface area contributed by atoms with Crippen molar-refractivity contribution < 1.29 is 19.5 Å². The molecule has 0 aliphatic carbocycles. The Balaban J connectivity index is 1.41. The van der Waals surface area contributed by atoms with Crippen LogP contribution in [0.1, 0.15) is 78.3 Å². The third kappa shape index (κ3) is 5.95. The molecule has 0 bridgehead atoms. The molecular formula is C28H34ClN3O4. The average molecular weight is 512 g/mol. The number of likely N-dealkylation sites (tertiary alicyclic amines) is 2. The van der Waals surface area contributed by atoms with Gasteiger partial charge in [0.25, 0.3) is 0 Å². The van der Waals surface area contributed by atoms with E-state index >= 15 is 0 Å². The first-order valence-electron chi connectivity index (χ1n) is 12.7. The van der Waals surface area contributed by atoms with Crippen molar-refractivity contribution in [1.29, 1.82) is 0 Å². The van der Waals surface area contributed by atoms with Crippen LogP contribution in [0.5, 0.6) is 0 Å². The van der Waals surface area contributed by atoms with E-state index in [1.54, 1.807) is 6.07 Å². The van der Waals surface area contributed by atoms with Crippen LogP contribution in [0.2, 0.25) is 5.02 Å². The Bertz CT molecular complexity index is 1160. The highest BCUT2D eigenvalue weighted by Gasteiger charge is 2.41. The number of hydrogen-bond acceptors (Lipinski definition) is 5. The third-order valence-electron chi connectivity index (χ3n) is 7.30. The van der Waals surface area contributed by atoms with Crippen LogP contribution in [0.15, 0.2) is 30.3 Å². The largest absolute Gasteiger partial charge is 0.478 e. The van der Waals surface area contributed by atoms with Gasteiger partial charge in [-0.2, -0.15) is 0 Å². The SMILES string of the molecule is Cc1cc(CN2CCC(N3C(=O)CC[C@@H]3C(=O)Cc3cc(C(=O)O)cc(C(C)C)n3)CC2)ccc1Cl. The Hall–Kier alpha value is -2.77. The van der Waals surface area contributed by atoms with E-state index in [2.05, 4.69) is 22.0 Å². The quantitative estimate of drug-likeness (QED) is 0.555. The smallest absolute Gasteiger partial charge is 0.335 e. The molecule has 0 radical (unpaired) electrons. The fourth-order valence-corrected chi connectivity index (χ4v) is 5.43. The minimum absolute atomic E-state index is 0.0318. The number of halogens is 1. The summed E-state index contributed by atoms with van der Waals surface area (Å²) in [5.41, 5.74) is 3.53. The average Bonchev–Trinajstić information content (AvgIpc) is 3.23. The van der Waals surface area contributed by atoms with E-state index in [1.165, 1.54) is 11.6 Å². The number of aromatic carboxylic acids is 1. The number of amides is 1. The molecule has 0 unspecified atom stereocenters. The van der Waals surface area contributed by atoms with Crippen molar-refractivity contribution in [2.24, 2.45) is 0 Å². The fourth-order valence-electron chi connectivity index (χ4n) is 5.31. The van der Waals surface area contributed by atoms with E-state index in [4.69, 9.17) is 11.6 Å². The highest BCUT2D eigenvalue weighted by Crippen LogP contribution is 2.29. The summed E-state index contributed by atoms with van der Waals surface area (Å²) in [4.78, 5) is 46.5. The van der Waals surface area contributed by atoms with Crippen LogP contribution in [0, 0.1) is 6.92 Å². The lowest BCUT2D eigenvalue weighted by Gasteiger charge is -2.39. The summed E-state index contributed by atoms with van der Waals surface area (Å²) in [6, 6.07) is 8.72. The Morgan fingerprint density at radius 3 is 2.50 bits per heavy atom. The molecule has 1 aromatic heterocycles. The van der Waals surface area contributed by atoms with Crippen molar-refractivity contribution >= 4 is 29.3 Å². The van der Waals surface area contributed by atoms with Crippen LogP contribution in [0.3, 0.4) is 0 Å². The lowest BCUT2D eigenvalue weighted by Crippen LogP contribution is -2.50. The Morgan fingerprint density at radius 1 is 1.14 bits per heavy atom. The minimum Gasteiger partial charge on any atom is -0.478 e. The van der Waals surface area contributed by atoms with Gasteiger partial charge >= 0.3 is 5.97 Å².